The van der Waals surface area contributed by atoms with Gasteiger partial charge in [-0.15, -0.1) is 0 Å². The van der Waals surface area contributed by atoms with E-state index in [-0.39, 0.29) is 88.7 Å². The fourth-order valence-corrected chi connectivity index (χ4v) is 0. The third-order valence-corrected chi connectivity index (χ3v) is 0. The topological polar surface area (TPSA) is 0 Å². The standard InChI is InChI=1S/3C4H9.Al.4ClH.Ti/c3*1-4(2)3;;;;;;/h3*4H,1H2,2-3H3;;4*1H;/q3*-1;;;;;;+4/p-4. The molecule has 0 unspecified atom stereocenters. The van der Waals surface area contributed by atoms with E-state index in [1.165, 1.54) is 0 Å². The molecule has 0 N–H and O–H groups in total. The largest absolute Gasteiger partial charge is 4.00 e. The van der Waals surface area contributed by atoms with Crippen LogP contribution in [0, 0.1) is 38.5 Å². The van der Waals surface area contributed by atoms with E-state index in [1.807, 2.05) is 0 Å². The third-order valence-electron chi connectivity index (χ3n) is 0. The SMILES string of the molecule is [Al].[CH2-]C(C)C.[CH2-]C(C)C.[CH2-]C(C)C.[Cl-].[Cl-].[Cl-].[Cl-].[Ti+4]. The van der Waals surface area contributed by atoms with Crippen molar-refractivity contribution in [2.75, 3.05) is 0 Å². The van der Waals surface area contributed by atoms with Gasteiger partial charge in [-0.05, 0) is 0 Å². The van der Waals surface area contributed by atoms with Crippen molar-refractivity contribution in [1.82, 2.24) is 0 Å². The zero-order valence-electron chi connectivity index (χ0n) is 12.4. The van der Waals surface area contributed by atoms with Gasteiger partial charge in [0.15, 0.2) is 0 Å². The summed E-state index contributed by atoms with van der Waals surface area (Å²) in [4.78, 5) is 0. The first kappa shape index (κ1) is 59.1. The third kappa shape index (κ3) is 963. The van der Waals surface area contributed by atoms with Crippen LogP contribution in [0.25, 0.3) is 0 Å². The molecule has 3 radical (unpaired) electrons. The number of hydrogen-bond donors (Lipinski definition) is 0. The van der Waals surface area contributed by atoms with Crippen molar-refractivity contribution in [3.8, 4) is 0 Å². The average molecular weight is 388 g/mol. The van der Waals surface area contributed by atoms with Gasteiger partial charge < -0.3 is 70.4 Å². The summed E-state index contributed by atoms with van der Waals surface area (Å²) in [6, 6.07) is 0. The Hall–Kier alpha value is 2.41. The molecule has 0 fully saturated rings. The summed E-state index contributed by atoms with van der Waals surface area (Å²) in [7, 11) is 0. The van der Waals surface area contributed by atoms with E-state index in [4.69, 9.17) is 0 Å². The maximum atomic E-state index is 3.64. The Morgan fingerprint density at radius 1 is 0.500 bits per heavy atom. The molecule has 0 heterocycles. The minimum absolute atomic E-state index is 0. The molecule has 0 bridgehead atoms. The van der Waals surface area contributed by atoms with Gasteiger partial charge in [0.05, 0.1) is 0 Å². The predicted molar refractivity (Wildman–Crippen MR) is 66.3 cm³/mol. The van der Waals surface area contributed by atoms with Crippen LogP contribution in [0.3, 0.4) is 0 Å². The van der Waals surface area contributed by atoms with Crippen LogP contribution in [-0.2, 0) is 21.7 Å². The summed E-state index contributed by atoms with van der Waals surface area (Å²) < 4.78 is 0. The van der Waals surface area contributed by atoms with E-state index in [2.05, 4.69) is 62.3 Å². The van der Waals surface area contributed by atoms with E-state index >= 15 is 0 Å². The maximum absolute atomic E-state index is 3.64. The molecule has 0 aliphatic carbocycles. The summed E-state index contributed by atoms with van der Waals surface area (Å²) in [5.41, 5.74) is 0. The van der Waals surface area contributed by atoms with Crippen molar-refractivity contribution in [2.24, 2.45) is 17.8 Å². The van der Waals surface area contributed by atoms with Gasteiger partial charge in [-0.3, -0.25) is 0 Å². The van der Waals surface area contributed by atoms with Crippen molar-refractivity contribution in [3.05, 3.63) is 20.8 Å². The molecule has 6 heteroatoms. The molecule has 0 spiro atoms. The van der Waals surface area contributed by atoms with Crippen LogP contribution in [-0.4, -0.2) is 17.4 Å². The second kappa shape index (κ2) is 50.5. The smallest absolute Gasteiger partial charge is 1.00 e. The minimum atomic E-state index is 0. The average Bonchev–Trinajstić information content (AvgIpc) is 1.54. The van der Waals surface area contributed by atoms with Gasteiger partial charge in [-0.1, -0.05) is 41.5 Å². The molecular formula is C12H27AlCl4Ti-3. The molecule has 0 atom stereocenters. The van der Waals surface area contributed by atoms with Gasteiger partial charge in [0.25, 0.3) is 0 Å². The summed E-state index contributed by atoms with van der Waals surface area (Å²) in [5, 5.41) is 0. The van der Waals surface area contributed by atoms with Crippen LogP contribution in [0.4, 0.5) is 0 Å². The fourth-order valence-electron chi connectivity index (χ4n) is 0. The van der Waals surface area contributed by atoms with Gasteiger partial charge in [-0.25, -0.2) is 0 Å². The Morgan fingerprint density at radius 3 is 0.500 bits per heavy atom. The van der Waals surface area contributed by atoms with Crippen LogP contribution in [0.2, 0.25) is 0 Å². The molecule has 0 rings (SSSR count). The zero-order chi connectivity index (χ0) is 10.7. The molecule has 0 aromatic rings. The van der Waals surface area contributed by atoms with Crippen molar-refractivity contribution in [1.29, 1.82) is 0 Å². The van der Waals surface area contributed by atoms with E-state index in [9.17, 15) is 0 Å². The maximum Gasteiger partial charge on any atom is 4.00 e. The van der Waals surface area contributed by atoms with Crippen molar-refractivity contribution in [2.45, 2.75) is 41.5 Å². The Labute approximate surface area is 167 Å². The first-order valence-electron chi connectivity index (χ1n) is 4.69. The van der Waals surface area contributed by atoms with Crippen LogP contribution in [0.1, 0.15) is 41.5 Å². The molecule has 0 nitrogen and oxygen atoms in total. The van der Waals surface area contributed by atoms with Gasteiger partial charge >= 0.3 is 21.7 Å². The van der Waals surface area contributed by atoms with E-state index in [0.717, 1.165) is 0 Å². The van der Waals surface area contributed by atoms with Gasteiger partial charge in [0.2, 0.25) is 0 Å². The fraction of sp³-hybridized carbons (Fsp3) is 0.750. The normalized spacial score (nSPS) is 6.00. The molecule has 113 valence electrons. The van der Waals surface area contributed by atoms with Crippen LogP contribution in [0.15, 0.2) is 0 Å². The van der Waals surface area contributed by atoms with Gasteiger partial charge in [-0.2, -0.15) is 17.8 Å². The second-order valence-corrected chi connectivity index (χ2v) is 4.18. The Bertz CT molecular complexity index is 52.6. The van der Waals surface area contributed by atoms with Crippen LogP contribution >= 0.6 is 0 Å². The van der Waals surface area contributed by atoms with E-state index in [0.29, 0.717) is 17.8 Å². The van der Waals surface area contributed by atoms with Crippen molar-refractivity contribution >= 4 is 17.4 Å². The molecule has 18 heavy (non-hydrogen) atoms. The molecular weight excluding hydrogens is 361 g/mol. The first-order chi connectivity index (χ1) is 5.20. The number of halogens is 4. The molecule has 0 aromatic heterocycles. The summed E-state index contributed by atoms with van der Waals surface area (Å²) in [6.45, 7) is 23.2. The molecule has 0 aromatic carbocycles. The van der Waals surface area contributed by atoms with Crippen LogP contribution < -0.4 is 49.6 Å². The summed E-state index contributed by atoms with van der Waals surface area (Å²) >= 11 is 0. The summed E-state index contributed by atoms with van der Waals surface area (Å²) in [6.07, 6.45) is 0. The zero-order valence-corrected chi connectivity index (χ0v) is 18.2. The molecule has 0 saturated carbocycles. The molecule has 0 amide bonds. The molecule has 0 aliphatic rings. The Morgan fingerprint density at radius 2 is 0.500 bits per heavy atom. The first-order valence-corrected chi connectivity index (χ1v) is 4.69. The van der Waals surface area contributed by atoms with Gasteiger partial charge in [0, 0.05) is 17.4 Å². The predicted octanol–water partition coefficient (Wildman–Crippen LogP) is -7.94. The second-order valence-electron chi connectivity index (χ2n) is 4.18. The number of hydrogen-bond acceptors (Lipinski definition) is 0. The number of rotatable bonds is 0. The van der Waals surface area contributed by atoms with E-state index < -0.39 is 0 Å². The van der Waals surface area contributed by atoms with E-state index in [1.54, 1.807) is 0 Å². The Balaban J connectivity index is -0.00000000827. The quantitative estimate of drug-likeness (QED) is 0.286. The monoisotopic (exact) mass is 386 g/mol. The van der Waals surface area contributed by atoms with Crippen molar-refractivity contribution in [3.63, 3.8) is 0 Å². The van der Waals surface area contributed by atoms with Gasteiger partial charge in [0.1, 0.15) is 0 Å². The Kier molecular flexibility index (Phi) is 166. The minimum Gasteiger partial charge on any atom is -1.00 e. The van der Waals surface area contributed by atoms with Crippen molar-refractivity contribution < 1.29 is 71.3 Å². The van der Waals surface area contributed by atoms with Crippen LogP contribution in [0.5, 0.6) is 0 Å². The summed E-state index contributed by atoms with van der Waals surface area (Å²) in [5.74, 6) is 1.75. The molecule has 0 aliphatic heterocycles. The molecule has 0 saturated heterocycles.